The molecule has 1 amide bonds. The molecule has 2 aliphatic rings. The molecule has 1 atom stereocenters. The van der Waals surface area contributed by atoms with Gasteiger partial charge in [-0.1, -0.05) is 11.6 Å². The lowest BCUT2D eigenvalue weighted by Crippen LogP contribution is -2.41. The minimum atomic E-state index is -0.185. The van der Waals surface area contributed by atoms with E-state index in [1.54, 1.807) is 12.1 Å². The smallest absolute Gasteiger partial charge is 0.251 e. The highest BCUT2D eigenvalue weighted by molar-refractivity contribution is 6.32. The summed E-state index contributed by atoms with van der Waals surface area (Å²) in [5.74, 6) is 2.54. The van der Waals surface area contributed by atoms with Crippen molar-refractivity contribution < 1.29 is 14.3 Å². The van der Waals surface area contributed by atoms with Crippen LogP contribution in [0, 0.1) is 6.92 Å². The van der Waals surface area contributed by atoms with Gasteiger partial charge in [0.15, 0.2) is 11.5 Å². The van der Waals surface area contributed by atoms with E-state index in [1.165, 1.54) is 0 Å². The van der Waals surface area contributed by atoms with E-state index >= 15 is 0 Å². The molecule has 7 nitrogen and oxygen atoms in total. The largest absolute Gasteiger partial charge is 0.454 e. The van der Waals surface area contributed by atoms with Gasteiger partial charge in [-0.15, -0.1) is 0 Å². The maximum Gasteiger partial charge on any atom is 0.251 e. The van der Waals surface area contributed by atoms with Crippen LogP contribution in [0.3, 0.4) is 0 Å². The van der Waals surface area contributed by atoms with Crippen molar-refractivity contribution in [3.8, 4) is 11.5 Å². The number of halogens is 1. The van der Waals surface area contributed by atoms with Gasteiger partial charge in [-0.2, -0.15) is 5.10 Å². The van der Waals surface area contributed by atoms with E-state index in [9.17, 15) is 4.79 Å². The van der Waals surface area contributed by atoms with Crippen LogP contribution in [-0.2, 0) is 13.0 Å². The van der Waals surface area contributed by atoms with Gasteiger partial charge in [-0.25, -0.2) is 9.67 Å². The SMILES string of the molecule is Cc1nc2n(n1)CC(NC(=O)c1cc(Cl)c3c(c1)OCO3)CC2. The number of rotatable bonds is 2. The fourth-order valence-electron chi connectivity index (χ4n) is 2.92. The molecule has 0 bridgehead atoms. The lowest BCUT2D eigenvalue weighted by atomic mass is 10.1. The third-order valence-corrected chi connectivity index (χ3v) is 4.27. The first-order chi connectivity index (χ1) is 11.1. The summed E-state index contributed by atoms with van der Waals surface area (Å²) in [7, 11) is 0. The van der Waals surface area contributed by atoms with Crippen LogP contribution < -0.4 is 14.8 Å². The molecule has 0 aliphatic carbocycles. The fourth-order valence-corrected chi connectivity index (χ4v) is 3.18. The quantitative estimate of drug-likeness (QED) is 0.904. The Bertz CT molecular complexity index is 789. The summed E-state index contributed by atoms with van der Waals surface area (Å²) in [5, 5.41) is 7.74. The van der Waals surface area contributed by atoms with Gasteiger partial charge >= 0.3 is 0 Å². The number of hydrogen-bond acceptors (Lipinski definition) is 5. The molecule has 0 radical (unpaired) electrons. The Morgan fingerprint density at radius 3 is 3.17 bits per heavy atom. The second-order valence-electron chi connectivity index (χ2n) is 5.66. The van der Waals surface area contributed by atoms with E-state index in [1.807, 2.05) is 11.6 Å². The summed E-state index contributed by atoms with van der Waals surface area (Å²) in [5.41, 5.74) is 0.458. The van der Waals surface area contributed by atoms with Crippen LogP contribution in [0.5, 0.6) is 11.5 Å². The molecule has 23 heavy (non-hydrogen) atoms. The highest BCUT2D eigenvalue weighted by Gasteiger charge is 2.25. The molecule has 1 aromatic carbocycles. The summed E-state index contributed by atoms with van der Waals surface area (Å²) < 4.78 is 12.4. The molecule has 120 valence electrons. The van der Waals surface area contributed by atoms with E-state index in [2.05, 4.69) is 15.4 Å². The van der Waals surface area contributed by atoms with E-state index < -0.39 is 0 Å². The molecular weight excluding hydrogens is 320 g/mol. The van der Waals surface area contributed by atoms with Crippen molar-refractivity contribution >= 4 is 17.5 Å². The Hall–Kier alpha value is -2.28. The predicted octanol–water partition coefficient (Wildman–Crippen LogP) is 1.71. The molecule has 2 aromatic rings. The number of nitrogens with one attached hydrogen (secondary N) is 1. The maximum absolute atomic E-state index is 12.5. The zero-order chi connectivity index (χ0) is 16.0. The molecule has 1 unspecified atom stereocenters. The topological polar surface area (TPSA) is 78.3 Å². The standard InChI is InChI=1S/C15H15ClN4O3/c1-8-17-13-3-2-10(6-20(13)19-8)18-15(21)9-4-11(16)14-12(5-9)22-7-23-14/h4-5,10H,2-3,6-7H2,1H3,(H,18,21). The Morgan fingerprint density at radius 2 is 2.30 bits per heavy atom. The highest BCUT2D eigenvalue weighted by Crippen LogP contribution is 2.39. The summed E-state index contributed by atoms with van der Waals surface area (Å²) in [4.78, 5) is 16.8. The van der Waals surface area contributed by atoms with Crippen molar-refractivity contribution in [2.24, 2.45) is 0 Å². The maximum atomic E-state index is 12.5. The van der Waals surface area contributed by atoms with Crippen LogP contribution in [-0.4, -0.2) is 33.5 Å². The monoisotopic (exact) mass is 334 g/mol. The lowest BCUT2D eigenvalue weighted by Gasteiger charge is -2.23. The number of benzene rings is 1. The summed E-state index contributed by atoms with van der Waals surface area (Å²) >= 11 is 6.12. The van der Waals surface area contributed by atoms with Crippen molar-refractivity contribution in [3.05, 3.63) is 34.4 Å². The molecule has 0 spiro atoms. The predicted molar refractivity (Wildman–Crippen MR) is 81.9 cm³/mol. The summed E-state index contributed by atoms with van der Waals surface area (Å²) in [6.45, 7) is 2.62. The molecular formula is C15H15ClN4O3. The molecule has 1 N–H and O–H groups in total. The van der Waals surface area contributed by atoms with Crippen molar-refractivity contribution in [2.75, 3.05) is 6.79 Å². The van der Waals surface area contributed by atoms with Crippen molar-refractivity contribution in [1.82, 2.24) is 20.1 Å². The molecule has 0 saturated carbocycles. The fraction of sp³-hybridized carbons (Fsp3) is 0.400. The number of aromatic nitrogens is 3. The third-order valence-electron chi connectivity index (χ3n) is 3.99. The molecule has 1 aromatic heterocycles. The first-order valence-corrected chi connectivity index (χ1v) is 7.78. The van der Waals surface area contributed by atoms with Gasteiger partial charge < -0.3 is 14.8 Å². The number of amides is 1. The van der Waals surface area contributed by atoms with E-state index in [-0.39, 0.29) is 18.7 Å². The lowest BCUT2D eigenvalue weighted by molar-refractivity contribution is 0.0925. The van der Waals surface area contributed by atoms with Gasteiger partial charge in [-0.3, -0.25) is 4.79 Å². The molecule has 0 fully saturated rings. The van der Waals surface area contributed by atoms with Crippen molar-refractivity contribution in [1.29, 1.82) is 0 Å². The van der Waals surface area contributed by atoms with Crippen LogP contribution in [0.25, 0.3) is 0 Å². The molecule has 2 aliphatic heterocycles. The Morgan fingerprint density at radius 1 is 1.43 bits per heavy atom. The van der Waals surface area contributed by atoms with Crippen LogP contribution in [0.4, 0.5) is 0 Å². The second-order valence-corrected chi connectivity index (χ2v) is 6.07. The average molecular weight is 335 g/mol. The van der Waals surface area contributed by atoms with Crippen LogP contribution in [0.15, 0.2) is 12.1 Å². The third kappa shape index (κ3) is 2.61. The van der Waals surface area contributed by atoms with Gasteiger partial charge in [0.05, 0.1) is 11.6 Å². The number of ether oxygens (including phenoxy) is 2. The van der Waals surface area contributed by atoms with E-state index in [4.69, 9.17) is 21.1 Å². The number of fused-ring (bicyclic) bond motifs is 2. The minimum absolute atomic E-state index is 0.0142. The average Bonchev–Trinajstić information content (AvgIpc) is 3.12. The molecule has 0 saturated heterocycles. The number of aryl methyl sites for hydroxylation is 2. The Labute approximate surface area is 137 Å². The van der Waals surface area contributed by atoms with Crippen molar-refractivity contribution in [2.45, 2.75) is 32.4 Å². The minimum Gasteiger partial charge on any atom is -0.454 e. The number of hydrogen-bond donors (Lipinski definition) is 1. The van der Waals surface area contributed by atoms with Gasteiger partial charge in [0.25, 0.3) is 5.91 Å². The van der Waals surface area contributed by atoms with Crippen LogP contribution in [0.2, 0.25) is 5.02 Å². The zero-order valence-electron chi connectivity index (χ0n) is 12.5. The number of carbonyl (C=O) groups is 1. The number of carbonyl (C=O) groups excluding carboxylic acids is 1. The Balaban J connectivity index is 1.50. The molecule has 4 rings (SSSR count). The van der Waals surface area contributed by atoms with Crippen LogP contribution >= 0.6 is 11.6 Å². The summed E-state index contributed by atoms with van der Waals surface area (Å²) in [6.07, 6.45) is 1.63. The normalized spacial score (nSPS) is 18.6. The first kappa shape index (κ1) is 14.3. The van der Waals surface area contributed by atoms with Gasteiger partial charge in [0, 0.05) is 18.0 Å². The molecule has 8 heteroatoms. The van der Waals surface area contributed by atoms with Crippen LogP contribution in [0.1, 0.15) is 28.4 Å². The van der Waals surface area contributed by atoms with E-state index in [0.29, 0.717) is 28.6 Å². The van der Waals surface area contributed by atoms with E-state index in [0.717, 1.165) is 24.5 Å². The van der Waals surface area contributed by atoms with Crippen molar-refractivity contribution in [3.63, 3.8) is 0 Å². The summed E-state index contributed by atoms with van der Waals surface area (Å²) in [6, 6.07) is 3.26. The molecule has 3 heterocycles. The number of nitrogens with zero attached hydrogens (tertiary/aromatic N) is 3. The van der Waals surface area contributed by atoms with Gasteiger partial charge in [0.2, 0.25) is 6.79 Å². The second kappa shape index (κ2) is 5.42. The first-order valence-electron chi connectivity index (χ1n) is 7.40. The van der Waals surface area contributed by atoms with Gasteiger partial charge in [0.1, 0.15) is 11.6 Å². The zero-order valence-corrected chi connectivity index (χ0v) is 13.3. The van der Waals surface area contributed by atoms with Gasteiger partial charge in [-0.05, 0) is 25.5 Å². The Kier molecular flexibility index (Phi) is 3.37. The highest BCUT2D eigenvalue weighted by atomic mass is 35.5.